The van der Waals surface area contributed by atoms with Crippen LogP contribution in [0.1, 0.15) is 6.42 Å². The van der Waals surface area contributed by atoms with Gasteiger partial charge in [0.1, 0.15) is 12.4 Å². The Bertz CT molecular complexity index is 874. The Labute approximate surface area is 161 Å². The highest BCUT2D eigenvalue weighted by Gasteiger charge is 2.31. The number of hydrogen-bond donors (Lipinski definition) is 2. The molecule has 7 nitrogen and oxygen atoms in total. The van der Waals surface area contributed by atoms with Gasteiger partial charge in [-0.3, -0.25) is 4.79 Å². The summed E-state index contributed by atoms with van der Waals surface area (Å²) in [5.41, 5.74) is 0.613. The number of nitrogens with zero attached hydrogens (tertiary/aromatic N) is 1. The molecule has 2 heterocycles. The van der Waals surface area contributed by atoms with Crippen molar-refractivity contribution in [2.45, 2.75) is 18.6 Å². The summed E-state index contributed by atoms with van der Waals surface area (Å²) >= 11 is 0. The van der Waals surface area contributed by atoms with Gasteiger partial charge >= 0.3 is 6.03 Å². The number of amides is 3. The molecule has 146 valence electrons. The van der Waals surface area contributed by atoms with Crippen molar-refractivity contribution < 1.29 is 23.5 Å². The normalized spacial score (nSPS) is 20.8. The molecule has 3 amide bonds. The van der Waals surface area contributed by atoms with Gasteiger partial charge in [0, 0.05) is 18.7 Å². The summed E-state index contributed by atoms with van der Waals surface area (Å²) < 4.78 is 24.5. The SMILES string of the molecule is O=C(NC[C@@H]1COc2ccccc2O1)N[C@@H]1CC(=O)N(c2ccc(F)cc2)C1. The molecule has 8 heteroatoms. The average Bonchev–Trinajstić information content (AvgIpc) is 3.06. The van der Waals surface area contributed by atoms with Crippen molar-refractivity contribution in [1.29, 1.82) is 0 Å². The number of hydrogen-bond acceptors (Lipinski definition) is 4. The minimum absolute atomic E-state index is 0.113. The first-order chi connectivity index (χ1) is 13.6. The number of anilines is 1. The van der Waals surface area contributed by atoms with E-state index >= 15 is 0 Å². The van der Waals surface area contributed by atoms with Crippen LogP contribution in [0.3, 0.4) is 0 Å². The van der Waals surface area contributed by atoms with E-state index in [4.69, 9.17) is 9.47 Å². The molecule has 2 N–H and O–H groups in total. The summed E-state index contributed by atoms with van der Waals surface area (Å²) in [6.45, 7) is 0.967. The van der Waals surface area contributed by atoms with Crippen molar-refractivity contribution in [3.8, 4) is 11.5 Å². The molecule has 0 radical (unpaired) electrons. The standard InChI is InChI=1S/C20H20FN3O4/c21-13-5-7-15(8-6-13)24-11-14(9-19(24)25)23-20(26)22-10-16-12-27-17-3-1-2-4-18(17)28-16/h1-8,14,16H,9-12H2,(H2,22,23,26)/t14-,16-/m1/s1. The first-order valence-corrected chi connectivity index (χ1v) is 9.07. The highest BCUT2D eigenvalue weighted by Crippen LogP contribution is 2.30. The predicted octanol–water partition coefficient (Wildman–Crippen LogP) is 2.07. The van der Waals surface area contributed by atoms with Crippen molar-refractivity contribution >= 4 is 17.6 Å². The second-order valence-corrected chi connectivity index (χ2v) is 6.73. The van der Waals surface area contributed by atoms with Crippen LogP contribution >= 0.6 is 0 Å². The van der Waals surface area contributed by atoms with Crippen molar-refractivity contribution in [1.82, 2.24) is 10.6 Å². The molecule has 2 aliphatic rings. The number of nitrogens with one attached hydrogen (secondary N) is 2. The Morgan fingerprint density at radius 3 is 2.68 bits per heavy atom. The molecule has 0 aromatic heterocycles. The number of carbonyl (C=O) groups is 2. The Morgan fingerprint density at radius 2 is 1.89 bits per heavy atom. The smallest absolute Gasteiger partial charge is 0.315 e. The molecule has 2 aromatic rings. The summed E-state index contributed by atoms with van der Waals surface area (Å²) in [6, 6.07) is 12.4. The van der Waals surface area contributed by atoms with E-state index in [1.165, 1.54) is 12.1 Å². The van der Waals surface area contributed by atoms with E-state index in [1.807, 2.05) is 24.3 Å². The summed E-state index contributed by atoms with van der Waals surface area (Å²) in [6.07, 6.45) is -0.0946. The molecule has 1 saturated heterocycles. The van der Waals surface area contributed by atoms with E-state index in [1.54, 1.807) is 17.0 Å². The fourth-order valence-electron chi connectivity index (χ4n) is 3.28. The summed E-state index contributed by atoms with van der Waals surface area (Å²) in [4.78, 5) is 25.9. The van der Waals surface area contributed by atoms with E-state index < -0.39 is 0 Å². The monoisotopic (exact) mass is 385 g/mol. The Balaban J connectivity index is 1.25. The van der Waals surface area contributed by atoms with Crippen LogP contribution in [0.15, 0.2) is 48.5 Å². The molecule has 2 aromatic carbocycles. The number of halogens is 1. The third kappa shape index (κ3) is 4.00. The van der Waals surface area contributed by atoms with E-state index in [9.17, 15) is 14.0 Å². The lowest BCUT2D eigenvalue weighted by Crippen LogP contribution is -2.47. The molecule has 0 unspecified atom stereocenters. The van der Waals surface area contributed by atoms with E-state index in [2.05, 4.69) is 10.6 Å². The molecule has 0 saturated carbocycles. The zero-order valence-electron chi connectivity index (χ0n) is 15.1. The minimum atomic E-state index is -0.374. The first kappa shape index (κ1) is 18.1. The molecule has 1 fully saturated rings. The van der Waals surface area contributed by atoms with Crippen LogP contribution in [-0.2, 0) is 4.79 Å². The topological polar surface area (TPSA) is 79.9 Å². The lowest BCUT2D eigenvalue weighted by atomic mass is 10.2. The average molecular weight is 385 g/mol. The van der Waals surface area contributed by atoms with Crippen LogP contribution in [0, 0.1) is 5.82 Å². The maximum atomic E-state index is 13.1. The van der Waals surface area contributed by atoms with Gasteiger partial charge in [0.2, 0.25) is 5.91 Å². The van der Waals surface area contributed by atoms with Gasteiger partial charge in [-0.05, 0) is 36.4 Å². The molecule has 2 atom stereocenters. The molecule has 2 aliphatic heterocycles. The lowest BCUT2D eigenvalue weighted by molar-refractivity contribution is -0.117. The Hall–Kier alpha value is -3.29. The summed E-state index contributed by atoms with van der Waals surface area (Å²) in [7, 11) is 0. The van der Waals surface area contributed by atoms with Crippen LogP contribution < -0.4 is 25.0 Å². The van der Waals surface area contributed by atoms with Crippen molar-refractivity contribution in [2.75, 3.05) is 24.6 Å². The molecule has 0 aliphatic carbocycles. The van der Waals surface area contributed by atoms with E-state index in [-0.39, 0.29) is 42.9 Å². The number of rotatable bonds is 4. The quantitative estimate of drug-likeness (QED) is 0.845. The highest BCUT2D eigenvalue weighted by atomic mass is 19.1. The largest absolute Gasteiger partial charge is 0.486 e. The zero-order chi connectivity index (χ0) is 19.5. The molecular weight excluding hydrogens is 365 g/mol. The molecule has 28 heavy (non-hydrogen) atoms. The van der Waals surface area contributed by atoms with Gasteiger partial charge in [0.15, 0.2) is 17.6 Å². The maximum Gasteiger partial charge on any atom is 0.315 e. The summed E-state index contributed by atoms with van der Waals surface area (Å²) in [5.74, 6) is 0.865. The lowest BCUT2D eigenvalue weighted by Gasteiger charge is -2.26. The number of ether oxygens (including phenoxy) is 2. The van der Waals surface area contributed by atoms with Gasteiger partial charge in [0.05, 0.1) is 12.6 Å². The van der Waals surface area contributed by atoms with Gasteiger partial charge in [-0.2, -0.15) is 0 Å². The maximum absolute atomic E-state index is 13.1. The second kappa shape index (κ2) is 7.75. The second-order valence-electron chi connectivity index (χ2n) is 6.73. The van der Waals surface area contributed by atoms with Gasteiger partial charge in [-0.1, -0.05) is 12.1 Å². The Morgan fingerprint density at radius 1 is 1.14 bits per heavy atom. The van der Waals surface area contributed by atoms with Gasteiger partial charge in [-0.15, -0.1) is 0 Å². The van der Waals surface area contributed by atoms with Crippen molar-refractivity contribution in [3.05, 3.63) is 54.3 Å². The highest BCUT2D eigenvalue weighted by molar-refractivity contribution is 5.96. The first-order valence-electron chi connectivity index (χ1n) is 9.07. The minimum Gasteiger partial charge on any atom is -0.486 e. The summed E-state index contributed by atoms with van der Waals surface area (Å²) in [5, 5.41) is 5.55. The molecule has 0 spiro atoms. The zero-order valence-corrected chi connectivity index (χ0v) is 15.1. The predicted molar refractivity (Wildman–Crippen MR) is 100 cm³/mol. The van der Waals surface area contributed by atoms with Crippen LogP contribution in [0.2, 0.25) is 0 Å². The van der Waals surface area contributed by atoms with Crippen LogP contribution in [0.25, 0.3) is 0 Å². The number of benzene rings is 2. The fraction of sp³-hybridized carbons (Fsp3) is 0.300. The van der Waals surface area contributed by atoms with Crippen LogP contribution in [0.5, 0.6) is 11.5 Å². The van der Waals surface area contributed by atoms with E-state index in [0.717, 1.165) is 0 Å². The fourth-order valence-corrected chi connectivity index (χ4v) is 3.28. The van der Waals surface area contributed by atoms with Gasteiger partial charge in [-0.25, -0.2) is 9.18 Å². The number of carbonyl (C=O) groups excluding carboxylic acids is 2. The van der Waals surface area contributed by atoms with E-state index in [0.29, 0.717) is 30.3 Å². The van der Waals surface area contributed by atoms with Crippen LogP contribution in [0.4, 0.5) is 14.9 Å². The third-order valence-corrected chi connectivity index (χ3v) is 4.66. The molecule has 4 rings (SSSR count). The molecule has 0 bridgehead atoms. The third-order valence-electron chi connectivity index (χ3n) is 4.66. The van der Waals surface area contributed by atoms with Crippen molar-refractivity contribution in [3.63, 3.8) is 0 Å². The number of para-hydroxylation sites is 2. The van der Waals surface area contributed by atoms with Crippen molar-refractivity contribution in [2.24, 2.45) is 0 Å². The number of fused-ring (bicyclic) bond motifs is 1. The van der Waals surface area contributed by atoms with Gasteiger partial charge < -0.3 is 25.0 Å². The number of urea groups is 1. The van der Waals surface area contributed by atoms with Crippen LogP contribution in [-0.4, -0.2) is 43.8 Å². The Kier molecular flexibility index (Phi) is 5.01. The molecular formula is C20H20FN3O4. The van der Waals surface area contributed by atoms with Gasteiger partial charge in [0.25, 0.3) is 0 Å².